The van der Waals surface area contributed by atoms with E-state index in [2.05, 4.69) is 15.6 Å². The second-order valence-corrected chi connectivity index (χ2v) is 4.54. The quantitative estimate of drug-likeness (QED) is 0.838. The molecule has 0 fully saturated rings. The van der Waals surface area contributed by atoms with Gasteiger partial charge in [-0.2, -0.15) is 0 Å². The van der Waals surface area contributed by atoms with E-state index in [0.717, 1.165) is 6.54 Å². The van der Waals surface area contributed by atoms with E-state index in [9.17, 15) is 9.59 Å². The molecule has 102 valence electrons. The van der Waals surface area contributed by atoms with E-state index in [1.54, 1.807) is 28.8 Å². The first-order chi connectivity index (χ1) is 9.75. The van der Waals surface area contributed by atoms with Gasteiger partial charge in [0.05, 0.1) is 12.7 Å². The molecule has 1 aliphatic rings. The van der Waals surface area contributed by atoms with Gasteiger partial charge in [-0.05, 0) is 12.1 Å². The molecule has 0 unspecified atom stereocenters. The predicted octanol–water partition coefficient (Wildman–Crippen LogP) is 0.599. The van der Waals surface area contributed by atoms with Crippen LogP contribution in [-0.4, -0.2) is 22.0 Å². The molecule has 0 saturated carbocycles. The van der Waals surface area contributed by atoms with Crippen LogP contribution in [0.2, 0.25) is 0 Å². The second-order valence-electron chi connectivity index (χ2n) is 4.54. The van der Waals surface area contributed by atoms with E-state index < -0.39 is 0 Å². The van der Waals surface area contributed by atoms with Crippen molar-refractivity contribution in [3.05, 3.63) is 58.3 Å². The third-order valence-electron chi connectivity index (χ3n) is 3.21. The zero-order chi connectivity index (χ0) is 13.9. The molecule has 2 N–H and O–H groups in total. The van der Waals surface area contributed by atoms with Gasteiger partial charge in [-0.1, -0.05) is 18.2 Å². The predicted molar refractivity (Wildman–Crippen MR) is 74.6 cm³/mol. The number of rotatable bonds is 2. The molecule has 6 heteroatoms. The Balaban J connectivity index is 1.89. The fourth-order valence-electron chi connectivity index (χ4n) is 2.16. The van der Waals surface area contributed by atoms with Crippen molar-refractivity contribution in [1.29, 1.82) is 0 Å². The van der Waals surface area contributed by atoms with Gasteiger partial charge in [-0.3, -0.25) is 14.2 Å². The van der Waals surface area contributed by atoms with Crippen LogP contribution < -0.4 is 16.2 Å². The van der Waals surface area contributed by atoms with Crippen molar-refractivity contribution in [3.8, 4) is 0 Å². The first-order valence-electron chi connectivity index (χ1n) is 6.41. The van der Waals surface area contributed by atoms with Gasteiger partial charge in [0, 0.05) is 18.7 Å². The molecule has 0 atom stereocenters. The topological polar surface area (TPSA) is 76.0 Å². The van der Waals surface area contributed by atoms with Crippen molar-refractivity contribution in [2.45, 2.75) is 13.1 Å². The molecule has 1 amide bonds. The molecule has 0 bridgehead atoms. The molecule has 3 rings (SSSR count). The zero-order valence-corrected chi connectivity index (χ0v) is 10.8. The monoisotopic (exact) mass is 270 g/mol. The average Bonchev–Trinajstić information content (AvgIpc) is 2.51. The first-order valence-corrected chi connectivity index (χ1v) is 6.41. The molecule has 1 aromatic carbocycles. The molecular formula is C14H14N4O2. The van der Waals surface area contributed by atoms with Crippen molar-refractivity contribution in [1.82, 2.24) is 14.9 Å². The van der Waals surface area contributed by atoms with Crippen molar-refractivity contribution < 1.29 is 4.79 Å². The molecule has 20 heavy (non-hydrogen) atoms. The van der Waals surface area contributed by atoms with Crippen molar-refractivity contribution >= 4 is 11.6 Å². The summed E-state index contributed by atoms with van der Waals surface area (Å²) in [5.74, 6) is 0.387. The van der Waals surface area contributed by atoms with Gasteiger partial charge in [-0.25, -0.2) is 4.98 Å². The highest BCUT2D eigenvalue weighted by atomic mass is 16.2. The first kappa shape index (κ1) is 12.6. The van der Waals surface area contributed by atoms with E-state index in [4.69, 9.17) is 0 Å². The minimum Gasteiger partial charge on any atom is -0.316 e. The third-order valence-corrected chi connectivity index (χ3v) is 3.21. The van der Waals surface area contributed by atoms with E-state index in [-0.39, 0.29) is 17.2 Å². The van der Waals surface area contributed by atoms with Crippen LogP contribution in [0.5, 0.6) is 0 Å². The number of hydrogen-bond acceptors (Lipinski definition) is 4. The van der Waals surface area contributed by atoms with Gasteiger partial charge in [0.25, 0.3) is 11.5 Å². The molecule has 2 heterocycles. The Kier molecular flexibility index (Phi) is 3.30. The lowest BCUT2D eigenvalue weighted by atomic mass is 10.2. The van der Waals surface area contributed by atoms with E-state index in [1.807, 2.05) is 6.07 Å². The summed E-state index contributed by atoms with van der Waals surface area (Å²) in [6.45, 7) is 1.86. The number of fused-ring (bicyclic) bond motifs is 1. The molecule has 6 nitrogen and oxygen atoms in total. The number of amides is 1. The average molecular weight is 270 g/mol. The Morgan fingerprint density at radius 1 is 1.30 bits per heavy atom. The summed E-state index contributed by atoms with van der Waals surface area (Å²) in [6.07, 6.45) is 1.42. The molecule has 0 saturated heterocycles. The van der Waals surface area contributed by atoms with Crippen LogP contribution in [0.15, 0.2) is 41.3 Å². The molecule has 2 aromatic rings. The van der Waals surface area contributed by atoms with E-state index in [0.29, 0.717) is 24.5 Å². The smallest absolute Gasteiger partial charge is 0.277 e. The zero-order valence-electron chi connectivity index (χ0n) is 10.8. The van der Waals surface area contributed by atoms with Crippen LogP contribution in [0.4, 0.5) is 5.69 Å². The van der Waals surface area contributed by atoms with Crippen molar-refractivity contribution in [2.75, 3.05) is 11.9 Å². The summed E-state index contributed by atoms with van der Waals surface area (Å²) in [6, 6.07) is 8.78. The number of carbonyl (C=O) groups is 1. The van der Waals surface area contributed by atoms with E-state index >= 15 is 0 Å². The highest BCUT2D eigenvalue weighted by molar-refractivity contribution is 6.04. The summed E-state index contributed by atoms with van der Waals surface area (Å²) in [4.78, 5) is 28.5. The Morgan fingerprint density at radius 3 is 2.90 bits per heavy atom. The number of carbonyl (C=O) groups excluding carboxylic acids is 1. The van der Waals surface area contributed by atoms with E-state index in [1.165, 1.54) is 6.20 Å². The molecule has 1 aliphatic heterocycles. The van der Waals surface area contributed by atoms with Gasteiger partial charge in [0.15, 0.2) is 0 Å². The lowest BCUT2D eigenvalue weighted by Gasteiger charge is -2.18. The van der Waals surface area contributed by atoms with Crippen LogP contribution in [0.3, 0.4) is 0 Å². The van der Waals surface area contributed by atoms with Gasteiger partial charge < -0.3 is 10.6 Å². The number of hydrogen-bond donors (Lipinski definition) is 2. The summed E-state index contributed by atoms with van der Waals surface area (Å²) in [5, 5.41) is 5.77. The maximum atomic E-state index is 12.3. The maximum Gasteiger partial charge on any atom is 0.277 e. The molecule has 0 aliphatic carbocycles. The highest BCUT2D eigenvalue weighted by Crippen LogP contribution is 2.06. The summed E-state index contributed by atoms with van der Waals surface area (Å²) in [5.41, 5.74) is 0.515. The molecule has 1 aromatic heterocycles. The van der Waals surface area contributed by atoms with Crippen LogP contribution in [-0.2, 0) is 13.1 Å². The second kappa shape index (κ2) is 5.26. The number of benzene rings is 1. The lowest BCUT2D eigenvalue weighted by Crippen LogP contribution is -2.38. The standard InChI is InChI=1S/C14H14N4O2/c19-13(10-4-2-1-3-5-10)17-11-8-16-12-9-15-6-7-18(12)14(11)20/h1-5,8,15H,6-7,9H2,(H,17,19). The Labute approximate surface area is 115 Å². The fourth-order valence-corrected chi connectivity index (χ4v) is 2.16. The van der Waals surface area contributed by atoms with Gasteiger partial charge in [0.2, 0.25) is 0 Å². The number of anilines is 1. The lowest BCUT2D eigenvalue weighted by molar-refractivity contribution is 0.102. The maximum absolute atomic E-state index is 12.3. The SMILES string of the molecule is O=C(Nc1cnc2n(c1=O)CCNC2)c1ccccc1. The van der Waals surface area contributed by atoms with Crippen LogP contribution in [0.25, 0.3) is 0 Å². The number of aromatic nitrogens is 2. The van der Waals surface area contributed by atoms with Crippen molar-refractivity contribution in [2.24, 2.45) is 0 Å². The third kappa shape index (κ3) is 2.33. The minimum atomic E-state index is -0.306. The van der Waals surface area contributed by atoms with Crippen LogP contribution in [0, 0.1) is 0 Å². The molecule has 0 spiro atoms. The Morgan fingerprint density at radius 2 is 2.10 bits per heavy atom. The van der Waals surface area contributed by atoms with Crippen LogP contribution in [0.1, 0.15) is 16.2 Å². The Hall–Kier alpha value is -2.47. The summed E-state index contributed by atoms with van der Waals surface area (Å²) >= 11 is 0. The molecular weight excluding hydrogens is 256 g/mol. The normalized spacial score (nSPS) is 13.6. The largest absolute Gasteiger partial charge is 0.316 e. The van der Waals surface area contributed by atoms with Crippen molar-refractivity contribution in [3.63, 3.8) is 0 Å². The summed E-state index contributed by atoms with van der Waals surface area (Å²) < 4.78 is 1.59. The summed E-state index contributed by atoms with van der Waals surface area (Å²) in [7, 11) is 0. The molecule has 0 radical (unpaired) electrons. The van der Waals surface area contributed by atoms with Gasteiger partial charge >= 0.3 is 0 Å². The fraction of sp³-hybridized carbons (Fsp3) is 0.214. The minimum absolute atomic E-state index is 0.208. The van der Waals surface area contributed by atoms with Gasteiger partial charge in [-0.15, -0.1) is 0 Å². The van der Waals surface area contributed by atoms with Crippen LogP contribution >= 0.6 is 0 Å². The number of nitrogens with zero attached hydrogens (tertiary/aromatic N) is 2. The number of nitrogens with one attached hydrogen (secondary N) is 2. The Bertz CT molecular complexity index is 694. The van der Waals surface area contributed by atoms with Gasteiger partial charge in [0.1, 0.15) is 11.5 Å². The highest BCUT2D eigenvalue weighted by Gasteiger charge is 2.15.